The molecule has 1 amide bonds. The van der Waals surface area contributed by atoms with E-state index in [0.29, 0.717) is 18.4 Å². The number of nitrogens with one attached hydrogen (secondary N) is 1. The van der Waals surface area contributed by atoms with Crippen LogP contribution in [0.2, 0.25) is 5.82 Å². The maximum atomic E-state index is 12.8. The fraction of sp³-hybridized carbons (Fsp3) is 0.615. The summed E-state index contributed by atoms with van der Waals surface area (Å²) in [5, 5.41) is 13.5. The Morgan fingerprint density at radius 1 is 1.08 bits per heavy atom. The first-order valence-electron chi connectivity index (χ1n) is 12.5. The molecule has 0 saturated heterocycles. The predicted octanol–water partition coefficient (Wildman–Crippen LogP) is 3.22. The third-order valence-corrected chi connectivity index (χ3v) is 6.69. The van der Waals surface area contributed by atoms with Gasteiger partial charge in [0.1, 0.15) is 17.1 Å². The zero-order valence-electron chi connectivity index (χ0n) is 21.5. The topological polar surface area (TPSA) is 128 Å². The molecule has 196 valence electrons. The Morgan fingerprint density at radius 2 is 1.78 bits per heavy atom. The van der Waals surface area contributed by atoms with Gasteiger partial charge in [0, 0.05) is 31.6 Å². The number of para-hydroxylation sites is 1. The van der Waals surface area contributed by atoms with Crippen LogP contribution < -0.4 is 9.97 Å². The number of amides is 1. The summed E-state index contributed by atoms with van der Waals surface area (Å²) in [7, 11) is -1.23. The van der Waals surface area contributed by atoms with Gasteiger partial charge in [-0.1, -0.05) is 12.1 Å². The van der Waals surface area contributed by atoms with Crippen LogP contribution >= 0.6 is 0 Å². The molecule has 0 bridgehead atoms. The average Bonchev–Trinajstić information content (AvgIpc) is 2.79. The molecule has 1 heterocycles. The van der Waals surface area contributed by atoms with Gasteiger partial charge >= 0.3 is 19.1 Å². The maximum Gasteiger partial charge on any atom is 0.526 e. The summed E-state index contributed by atoms with van der Waals surface area (Å²) in [4.78, 5) is 48.4. The van der Waals surface area contributed by atoms with Crippen LogP contribution in [0.1, 0.15) is 82.1 Å². The van der Waals surface area contributed by atoms with Crippen LogP contribution in [0.3, 0.4) is 0 Å². The van der Waals surface area contributed by atoms with E-state index in [0.717, 1.165) is 25.7 Å². The van der Waals surface area contributed by atoms with Crippen LogP contribution in [0.25, 0.3) is 0 Å². The van der Waals surface area contributed by atoms with Crippen molar-refractivity contribution in [3.8, 4) is 5.75 Å². The number of fused-ring (bicyclic) bond motifs is 1. The molecule has 1 aliphatic heterocycles. The molecule has 1 aliphatic carbocycles. The number of rotatable bonds is 8. The van der Waals surface area contributed by atoms with Gasteiger partial charge in [-0.3, -0.25) is 14.4 Å². The van der Waals surface area contributed by atoms with E-state index in [1.54, 1.807) is 32.9 Å². The van der Waals surface area contributed by atoms with Gasteiger partial charge in [0.05, 0.1) is 5.41 Å². The van der Waals surface area contributed by atoms with Crippen molar-refractivity contribution in [1.82, 2.24) is 5.32 Å². The fourth-order valence-corrected chi connectivity index (χ4v) is 4.75. The highest BCUT2D eigenvalue weighted by Crippen LogP contribution is 2.37. The highest BCUT2D eigenvalue weighted by Gasteiger charge is 2.38. The van der Waals surface area contributed by atoms with Gasteiger partial charge in [0.25, 0.3) is 0 Å². The molecule has 9 nitrogen and oxygen atoms in total. The van der Waals surface area contributed by atoms with E-state index in [1.807, 2.05) is 0 Å². The summed E-state index contributed by atoms with van der Waals surface area (Å²) < 4.78 is 15.7. The average molecular weight is 501 g/mol. The quantitative estimate of drug-likeness (QED) is 0.316. The van der Waals surface area contributed by atoms with Crippen molar-refractivity contribution >= 4 is 30.7 Å². The van der Waals surface area contributed by atoms with E-state index < -0.39 is 37.1 Å². The van der Waals surface area contributed by atoms with Crippen LogP contribution in [0.15, 0.2) is 18.2 Å². The van der Waals surface area contributed by atoms with Gasteiger partial charge in [0.2, 0.25) is 12.7 Å². The number of benzene rings is 1. The molecule has 1 saturated carbocycles. The number of hydrogen-bond donors (Lipinski definition) is 2. The van der Waals surface area contributed by atoms with Crippen LogP contribution in [0.4, 0.5) is 0 Å². The molecule has 2 aliphatic rings. The first-order chi connectivity index (χ1) is 16.9. The first-order valence-corrected chi connectivity index (χ1v) is 12.5. The molecule has 3 rings (SSSR count). The third-order valence-electron chi connectivity index (χ3n) is 6.69. The molecule has 36 heavy (non-hydrogen) atoms. The normalized spacial score (nSPS) is 21.6. The van der Waals surface area contributed by atoms with Crippen molar-refractivity contribution < 1.29 is 38.3 Å². The SMILES string of the molecule is CC(=O)NC1CCC(CC(=O)C[C@H]2Cc3cccc(C(=O)OCOC(=O)C(C)(C)C)c3OB2O)CC1. The first kappa shape index (κ1) is 27.7. The second-order valence-corrected chi connectivity index (χ2v) is 10.9. The van der Waals surface area contributed by atoms with Crippen molar-refractivity contribution in [1.29, 1.82) is 0 Å². The van der Waals surface area contributed by atoms with Crippen molar-refractivity contribution in [2.24, 2.45) is 11.3 Å². The molecule has 1 fully saturated rings. The Kier molecular flexibility index (Phi) is 9.16. The molecule has 0 radical (unpaired) electrons. The monoisotopic (exact) mass is 501 g/mol. The van der Waals surface area contributed by atoms with Gasteiger partial charge in [0.15, 0.2) is 0 Å². The number of carbonyl (C=O) groups is 4. The lowest BCUT2D eigenvalue weighted by Crippen LogP contribution is -2.37. The third kappa shape index (κ3) is 7.56. The minimum Gasteiger partial charge on any atom is -0.535 e. The zero-order valence-corrected chi connectivity index (χ0v) is 21.5. The Balaban J connectivity index is 1.53. The van der Waals surface area contributed by atoms with Gasteiger partial charge in [-0.2, -0.15) is 0 Å². The Morgan fingerprint density at radius 3 is 2.42 bits per heavy atom. The van der Waals surface area contributed by atoms with Gasteiger partial charge in [-0.25, -0.2) is 4.79 Å². The number of esters is 2. The molecule has 0 aromatic heterocycles. The van der Waals surface area contributed by atoms with Gasteiger partial charge in [-0.05, 0) is 70.4 Å². The molecule has 0 unspecified atom stereocenters. The Labute approximate surface area is 212 Å². The summed E-state index contributed by atoms with van der Waals surface area (Å²) in [5.74, 6) is -1.09. The van der Waals surface area contributed by atoms with Crippen molar-refractivity contribution in [2.75, 3.05) is 6.79 Å². The van der Waals surface area contributed by atoms with Gasteiger partial charge in [-0.15, -0.1) is 0 Å². The summed E-state index contributed by atoms with van der Waals surface area (Å²) >= 11 is 0. The van der Waals surface area contributed by atoms with E-state index >= 15 is 0 Å². The van der Waals surface area contributed by atoms with Gasteiger partial charge < -0.3 is 24.5 Å². The maximum absolute atomic E-state index is 12.8. The van der Waals surface area contributed by atoms with Crippen molar-refractivity contribution in [3.05, 3.63) is 29.3 Å². The molecule has 10 heteroatoms. The number of ketones is 1. The number of Topliss-reactive ketones (excluding diaryl/α,β-unsaturated/α-hetero) is 1. The van der Waals surface area contributed by atoms with Crippen LogP contribution in [-0.4, -0.2) is 48.6 Å². The number of carbonyl (C=O) groups excluding carboxylic acids is 4. The lowest BCUT2D eigenvalue weighted by Gasteiger charge is -2.30. The summed E-state index contributed by atoms with van der Waals surface area (Å²) in [6.07, 6.45) is 4.53. The lowest BCUT2D eigenvalue weighted by molar-refractivity contribution is -0.161. The summed E-state index contributed by atoms with van der Waals surface area (Å²) in [6.45, 7) is 6.08. The van der Waals surface area contributed by atoms with Crippen LogP contribution in [0, 0.1) is 11.3 Å². The van der Waals surface area contributed by atoms with E-state index in [-0.39, 0.29) is 41.4 Å². The lowest BCUT2D eigenvalue weighted by atomic mass is 9.64. The molecule has 1 aromatic rings. The standard InChI is InChI=1S/C26H36BNO8/c1-16(29)28-20-10-8-17(9-11-20)12-21(30)14-19-13-18-6-5-7-22(23(18)36-27(19)33)24(31)34-15-35-25(32)26(2,3)4/h5-7,17,19-20,33H,8-15H2,1-4H3,(H,28,29)/t17?,19-,20?/m1/s1. The molecule has 1 atom stereocenters. The Bertz CT molecular complexity index is 981. The number of hydrogen-bond acceptors (Lipinski definition) is 8. The zero-order chi connectivity index (χ0) is 26.5. The highest BCUT2D eigenvalue weighted by molar-refractivity contribution is 6.47. The molecule has 2 N–H and O–H groups in total. The molecular formula is C26H36BNO8. The molecule has 1 aromatic carbocycles. The van der Waals surface area contributed by atoms with Crippen LogP contribution in [-0.2, 0) is 30.3 Å². The second kappa shape index (κ2) is 11.9. The predicted molar refractivity (Wildman–Crippen MR) is 132 cm³/mol. The highest BCUT2D eigenvalue weighted by atomic mass is 16.7. The fourth-order valence-electron chi connectivity index (χ4n) is 4.75. The Hall–Kier alpha value is -2.88. The molecule has 0 spiro atoms. The van der Waals surface area contributed by atoms with Crippen molar-refractivity contribution in [2.45, 2.75) is 84.5 Å². The molecular weight excluding hydrogens is 465 g/mol. The van der Waals surface area contributed by atoms with E-state index in [4.69, 9.17) is 14.1 Å². The van der Waals surface area contributed by atoms with E-state index in [1.165, 1.54) is 13.0 Å². The van der Waals surface area contributed by atoms with E-state index in [9.17, 15) is 24.2 Å². The largest absolute Gasteiger partial charge is 0.535 e. The van der Waals surface area contributed by atoms with E-state index in [2.05, 4.69) is 5.32 Å². The van der Waals surface area contributed by atoms with Crippen LogP contribution in [0.5, 0.6) is 5.75 Å². The minimum atomic E-state index is -1.23. The minimum absolute atomic E-state index is 0.0264. The smallest absolute Gasteiger partial charge is 0.526 e. The summed E-state index contributed by atoms with van der Waals surface area (Å²) in [5.41, 5.74) is 0.110. The summed E-state index contributed by atoms with van der Waals surface area (Å²) in [6, 6.07) is 5.18. The van der Waals surface area contributed by atoms with Crippen molar-refractivity contribution in [3.63, 3.8) is 0 Å². The second-order valence-electron chi connectivity index (χ2n) is 10.9. The number of ether oxygens (including phenoxy) is 2.